The molecule has 1 saturated carbocycles. The molecular weight excluding hydrogens is 527 g/mol. The third-order valence-corrected chi connectivity index (χ3v) is 8.26. The number of carbonyl (C=O) groups excluding carboxylic acids is 2. The molecule has 206 valence electrons. The van der Waals surface area contributed by atoms with E-state index in [0.717, 1.165) is 19.4 Å². The number of halogens is 2. The summed E-state index contributed by atoms with van der Waals surface area (Å²) in [5.74, 6) is -1.61. The number of amides is 2. The molecule has 3 aliphatic heterocycles. The lowest BCUT2D eigenvalue weighted by Crippen LogP contribution is -2.57. The summed E-state index contributed by atoms with van der Waals surface area (Å²) in [5.41, 5.74) is -0.180. The Kier molecular flexibility index (Phi) is 6.84. The molecule has 1 aromatic carbocycles. The van der Waals surface area contributed by atoms with E-state index in [2.05, 4.69) is 16.5 Å². The van der Waals surface area contributed by atoms with Gasteiger partial charge in [0, 0.05) is 32.2 Å². The van der Waals surface area contributed by atoms with Crippen molar-refractivity contribution in [1.29, 1.82) is 0 Å². The number of aromatic nitrogens is 1. The Morgan fingerprint density at radius 1 is 1.18 bits per heavy atom. The largest absolute Gasteiger partial charge is 0.507 e. The van der Waals surface area contributed by atoms with Crippen LogP contribution >= 0.6 is 11.6 Å². The van der Waals surface area contributed by atoms with Crippen molar-refractivity contribution in [3.05, 3.63) is 47.3 Å². The molecular formula is C28H30ClFN4O5. The average Bonchev–Trinajstić information content (AvgIpc) is 3.79. The van der Waals surface area contributed by atoms with Crippen molar-refractivity contribution in [3.63, 3.8) is 0 Å². The maximum absolute atomic E-state index is 15.0. The van der Waals surface area contributed by atoms with Crippen molar-refractivity contribution in [1.82, 2.24) is 19.7 Å². The number of fused-ring (bicyclic) bond motifs is 2. The summed E-state index contributed by atoms with van der Waals surface area (Å²) in [4.78, 5) is 36.5. The second-order valence-electron chi connectivity index (χ2n) is 10.5. The Morgan fingerprint density at radius 2 is 2.00 bits per heavy atom. The maximum atomic E-state index is 15.0. The third kappa shape index (κ3) is 4.80. The van der Waals surface area contributed by atoms with Gasteiger partial charge in [-0.2, -0.15) is 0 Å². The van der Waals surface area contributed by atoms with E-state index in [0.29, 0.717) is 19.1 Å². The van der Waals surface area contributed by atoms with Crippen LogP contribution in [0.25, 0.3) is 11.3 Å². The van der Waals surface area contributed by atoms with Crippen LogP contribution in [0.3, 0.4) is 0 Å². The summed E-state index contributed by atoms with van der Waals surface area (Å²) < 4.78 is 27.5. The predicted molar refractivity (Wildman–Crippen MR) is 142 cm³/mol. The summed E-state index contributed by atoms with van der Waals surface area (Å²) in [5, 5.41) is 10.4. The molecule has 1 aromatic heterocycles. The van der Waals surface area contributed by atoms with Crippen LogP contribution in [0.2, 0.25) is 5.02 Å². The smallest absolute Gasteiger partial charge is 0.263 e. The zero-order valence-corrected chi connectivity index (χ0v) is 22.2. The van der Waals surface area contributed by atoms with Crippen LogP contribution in [-0.2, 0) is 4.79 Å². The zero-order chi connectivity index (χ0) is 27.3. The first kappa shape index (κ1) is 25.9. The van der Waals surface area contributed by atoms with Gasteiger partial charge in [0.1, 0.15) is 40.6 Å². The summed E-state index contributed by atoms with van der Waals surface area (Å²) in [6, 6.07) is 4.06. The molecule has 4 heterocycles. The van der Waals surface area contributed by atoms with E-state index in [9.17, 15) is 19.1 Å². The highest BCUT2D eigenvalue weighted by molar-refractivity contribution is 6.35. The highest BCUT2D eigenvalue weighted by atomic mass is 35.5. The van der Waals surface area contributed by atoms with Gasteiger partial charge in [-0.3, -0.25) is 14.5 Å². The Bertz CT molecular complexity index is 1320. The van der Waals surface area contributed by atoms with Gasteiger partial charge >= 0.3 is 0 Å². The number of nitrogens with zero attached hydrogens (tertiary/aromatic N) is 4. The van der Waals surface area contributed by atoms with Crippen LogP contribution in [0.4, 0.5) is 4.39 Å². The summed E-state index contributed by atoms with van der Waals surface area (Å²) in [6.07, 6.45) is 5.09. The molecule has 0 spiro atoms. The highest BCUT2D eigenvalue weighted by Crippen LogP contribution is 2.46. The number of hydrogen-bond acceptors (Lipinski definition) is 7. The quantitative estimate of drug-likeness (QED) is 0.563. The van der Waals surface area contributed by atoms with Gasteiger partial charge in [0.25, 0.3) is 5.91 Å². The number of phenolic OH excluding ortho intramolecular Hbond substituents is 1. The van der Waals surface area contributed by atoms with Gasteiger partial charge in [-0.05, 0) is 50.4 Å². The van der Waals surface area contributed by atoms with Crippen molar-refractivity contribution in [2.75, 3.05) is 39.3 Å². The molecule has 0 radical (unpaired) electrons. The SMILES string of the molecule is C=CC(=O)N1CCN2C(=O)c3c(OC4CCCN(C5CC5)C4)nc(-c4c(O)cccc4F)c(Cl)c3OC[C@H]2C1. The second-order valence-corrected chi connectivity index (χ2v) is 10.9. The number of carbonyl (C=O) groups is 2. The topological polar surface area (TPSA) is 95.4 Å². The number of phenols is 1. The molecule has 4 aliphatic rings. The first-order valence-corrected chi connectivity index (χ1v) is 13.7. The van der Waals surface area contributed by atoms with Crippen molar-refractivity contribution in [2.24, 2.45) is 0 Å². The van der Waals surface area contributed by atoms with Crippen LogP contribution in [0.5, 0.6) is 17.4 Å². The highest BCUT2D eigenvalue weighted by Gasteiger charge is 2.41. The van der Waals surface area contributed by atoms with E-state index in [1.165, 1.54) is 37.1 Å². The monoisotopic (exact) mass is 556 g/mol. The Morgan fingerprint density at radius 3 is 2.74 bits per heavy atom. The number of benzene rings is 1. The van der Waals surface area contributed by atoms with E-state index in [1.807, 2.05) is 0 Å². The van der Waals surface area contributed by atoms with Crippen LogP contribution in [0, 0.1) is 5.82 Å². The van der Waals surface area contributed by atoms with Crippen molar-refractivity contribution >= 4 is 23.4 Å². The van der Waals surface area contributed by atoms with Gasteiger partial charge in [-0.25, -0.2) is 9.37 Å². The van der Waals surface area contributed by atoms with E-state index >= 15 is 0 Å². The molecule has 0 bridgehead atoms. The van der Waals surface area contributed by atoms with Gasteiger partial charge in [0.2, 0.25) is 11.8 Å². The van der Waals surface area contributed by atoms with E-state index in [-0.39, 0.29) is 76.8 Å². The summed E-state index contributed by atoms with van der Waals surface area (Å²) >= 11 is 6.75. The maximum Gasteiger partial charge on any atom is 0.263 e. The van der Waals surface area contributed by atoms with Crippen molar-refractivity contribution < 1.29 is 28.6 Å². The van der Waals surface area contributed by atoms with Gasteiger partial charge < -0.3 is 24.4 Å². The fourth-order valence-corrected chi connectivity index (χ4v) is 6.04. The fraction of sp³-hybridized carbons (Fsp3) is 0.464. The average molecular weight is 557 g/mol. The zero-order valence-electron chi connectivity index (χ0n) is 21.4. The fourth-order valence-electron chi connectivity index (χ4n) is 5.75. The van der Waals surface area contributed by atoms with E-state index in [1.54, 1.807) is 9.80 Å². The summed E-state index contributed by atoms with van der Waals surface area (Å²) in [7, 11) is 0. The number of piperazine rings is 1. The molecule has 9 nitrogen and oxygen atoms in total. The summed E-state index contributed by atoms with van der Waals surface area (Å²) in [6.45, 7) is 6.22. The number of likely N-dealkylation sites (tertiary alicyclic amines) is 1. The molecule has 2 aromatic rings. The molecule has 3 fully saturated rings. The molecule has 1 aliphatic carbocycles. The minimum absolute atomic E-state index is 0.00458. The van der Waals surface area contributed by atoms with Gasteiger partial charge in [0.05, 0.1) is 11.6 Å². The predicted octanol–water partition coefficient (Wildman–Crippen LogP) is 3.48. The van der Waals surface area contributed by atoms with Crippen LogP contribution < -0.4 is 9.47 Å². The minimum Gasteiger partial charge on any atom is -0.507 e. The van der Waals surface area contributed by atoms with E-state index < -0.39 is 11.9 Å². The normalized spacial score (nSPS) is 23.4. The van der Waals surface area contributed by atoms with Crippen molar-refractivity contribution in [2.45, 2.75) is 43.9 Å². The Labute approximate surface area is 230 Å². The van der Waals surface area contributed by atoms with Crippen LogP contribution in [0.15, 0.2) is 30.9 Å². The van der Waals surface area contributed by atoms with Crippen LogP contribution in [-0.4, -0.2) is 94.1 Å². The van der Waals surface area contributed by atoms with Crippen molar-refractivity contribution in [3.8, 4) is 28.6 Å². The van der Waals surface area contributed by atoms with Crippen LogP contribution in [0.1, 0.15) is 36.0 Å². The van der Waals surface area contributed by atoms with Gasteiger partial charge in [0.15, 0.2) is 5.75 Å². The molecule has 11 heteroatoms. The number of piperidine rings is 1. The lowest BCUT2D eigenvalue weighted by atomic mass is 10.1. The molecule has 39 heavy (non-hydrogen) atoms. The van der Waals surface area contributed by atoms with Gasteiger partial charge in [-0.1, -0.05) is 24.2 Å². The number of ether oxygens (including phenoxy) is 2. The standard InChI is InChI=1S/C28H30ClFN4O5/c1-2-21(36)33-11-12-34-17(13-33)15-38-26-23(28(34)37)27(39-18-5-4-10-32(14-18)16-8-9-16)31-25(24(26)29)22-19(30)6-3-7-20(22)35/h2-3,6-7,16-18,35H,1,4-5,8-15H2/t17-,18?/m1/s1. The Hall–Kier alpha value is -3.37. The van der Waals surface area contributed by atoms with Gasteiger partial charge in [-0.15, -0.1) is 0 Å². The Balaban J connectivity index is 1.42. The van der Waals surface area contributed by atoms with E-state index in [4.69, 9.17) is 21.1 Å². The molecule has 2 atom stereocenters. The first-order chi connectivity index (χ1) is 18.9. The molecule has 2 amide bonds. The lowest BCUT2D eigenvalue weighted by molar-refractivity contribution is -0.128. The minimum atomic E-state index is -0.719. The molecule has 6 rings (SSSR count). The second kappa shape index (κ2) is 10.3. The number of hydrogen-bond donors (Lipinski definition) is 1. The third-order valence-electron chi connectivity index (χ3n) is 7.90. The number of rotatable bonds is 5. The lowest BCUT2D eigenvalue weighted by Gasteiger charge is -2.39. The molecule has 2 saturated heterocycles. The molecule has 1 N–H and O–H groups in total. The molecule has 1 unspecified atom stereocenters. The number of pyridine rings is 1. The first-order valence-electron chi connectivity index (χ1n) is 13.3. The number of aromatic hydroxyl groups is 1.